The van der Waals surface area contributed by atoms with Gasteiger partial charge in [-0.25, -0.2) is 5.43 Å². The molecule has 1 aromatic rings. The molecule has 0 radical (unpaired) electrons. The monoisotopic (exact) mass is 151 g/mol. The van der Waals surface area contributed by atoms with Gasteiger partial charge in [-0.05, 0) is 19.1 Å². The maximum absolute atomic E-state index is 5.21. The number of hydrogen-bond donors (Lipinski definition) is 3. The van der Waals surface area contributed by atoms with E-state index in [1.807, 2.05) is 37.3 Å². The van der Waals surface area contributed by atoms with Crippen LogP contribution in [0.15, 0.2) is 30.3 Å². The van der Waals surface area contributed by atoms with Crippen molar-refractivity contribution in [3.63, 3.8) is 0 Å². The number of hydrazine groups is 1. The summed E-state index contributed by atoms with van der Waals surface area (Å²) in [6.45, 7) is 1.95. The van der Waals surface area contributed by atoms with Gasteiger partial charge in [0.25, 0.3) is 0 Å². The molecule has 4 N–H and O–H groups in total. The molecule has 3 heteroatoms. The van der Waals surface area contributed by atoms with E-state index in [1.165, 1.54) is 0 Å². The van der Waals surface area contributed by atoms with E-state index in [2.05, 4.69) is 10.7 Å². The second-order valence-corrected chi connectivity index (χ2v) is 2.40. The van der Waals surface area contributed by atoms with Gasteiger partial charge in [-0.1, -0.05) is 18.2 Å². The van der Waals surface area contributed by atoms with Crippen molar-refractivity contribution in [1.82, 2.24) is 5.43 Å². The molecule has 0 aliphatic carbocycles. The maximum Gasteiger partial charge on any atom is 0.0865 e. The van der Waals surface area contributed by atoms with Crippen LogP contribution in [0.1, 0.15) is 6.92 Å². The minimum absolute atomic E-state index is 0.0948. The molecular formula is C8H13N3. The largest absolute Gasteiger partial charge is 0.369 e. The molecule has 0 aliphatic rings. The zero-order valence-corrected chi connectivity index (χ0v) is 6.54. The summed E-state index contributed by atoms with van der Waals surface area (Å²) < 4.78 is 0. The van der Waals surface area contributed by atoms with Gasteiger partial charge in [0.1, 0.15) is 0 Å². The normalized spacial score (nSPS) is 12.5. The highest BCUT2D eigenvalue weighted by molar-refractivity contribution is 5.42. The van der Waals surface area contributed by atoms with E-state index in [-0.39, 0.29) is 6.17 Å². The summed E-state index contributed by atoms with van der Waals surface area (Å²) in [6.07, 6.45) is 0.0948. The summed E-state index contributed by atoms with van der Waals surface area (Å²) in [4.78, 5) is 0. The Labute approximate surface area is 66.6 Å². The van der Waals surface area contributed by atoms with Crippen LogP contribution in [0.5, 0.6) is 0 Å². The van der Waals surface area contributed by atoms with Crippen molar-refractivity contribution in [3.8, 4) is 0 Å². The Balaban J connectivity index is 2.51. The van der Waals surface area contributed by atoms with Crippen LogP contribution in [0.4, 0.5) is 5.69 Å². The van der Waals surface area contributed by atoms with Crippen molar-refractivity contribution < 1.29 is 0 Å². The summed E-state index contributed by atoms with van der Waals surface area (Å²) in [6, 6.07) is 9.92. The van der Waals surface area contributed by atoms with Crippen LogP contribution in [0.25, 0.3) is 0 Å². The first-order valence-corrected chi connectivity index (χ1v) is 3.60. The van der Waals surface area contributed by atoms with Gasteiger partial charge in [0, 0.05) is 5.69 Å². The molecular weight excluding hydrogens is 138 g/mol. The Bertz CT molecular complexity index is 198. The molecule has 1 rings (SSSR count). The van der Waals surface area contributed by atoms with Gasteiger partial charge in [0.2, 0.25) is 0 Å². The third kappa shape index (κ3) is 2.57. The molecule has 0 aromatic heterocycles. The highest BCUT2D eigenvalue weighted by Crippen LogP contribution is 2.04. The highest BCUT2D eigenvalue weighted by atomic mass is 15.3. The van der Waals surface area contributed by atoms with E-state index in [1.54, 1.807) is 0 Å². The number of rotatable bonds is 3. The number of anilines is 1. The van der Waals surface area contributed by atoms with Gasteiger partial charge < -0.3 is 5.32 Å². The number of para-hydroxylation sites is 1. The molecule has 0 spiro atoms. The standard InChI is InChI=1S/C8H13N3/c1-7(11-9)10-8-5-3-2-4-6-8/h2-7,10-11H,9H2,1H3. The van der Waals surface area contributed by atoms with Crippen molar-refractivity contribution >= 4 is 5.69 Å². The van der Waals surface area contributed by atoms with Crippen LogP contribution >= 0.6 is 0 Å². The number of hydrogen-bond acceptors (Lipinski definition) is 3. The average molecular weight is 151 g/mol. The Morgan fingerprint density at radius 3 is 2.45 bits per heavy atom. The smallest absolute Gasteiger partial charge is 0.0865 e. The van der Waals surface area contributed by atoms with Gasteiger partial charge in [-0.2, -0.15) is 0 Å². The first-order valence-electron chi connectivity index (χ1n) is 3.60. The van der Waals surface area contributed by atoms with Crippen LogP contribution in [0, 0.1) is 0 Å². The maximum atomic E-state index is 5.21. The van der Waals surface area contributed by atoms with Gasteiger partial charge in [-0.15, -0.1) is 0 Å². The van der Waals surface area contributed by atoms with Crippen LogP contribution in [-0.2, 0) is 0 Å². The zero-order chi connectivity index (χ0) is 8.10. The Hall–Kier alpha value is -1.06. The molecule has 0 fully saturated rings. The number of nitrogens with one attached hydrogen (secondary N) is 2. The van der Waals surface area contributed by atoms with Crippen molar-refractivity contribution in [2.45, 2.75) is 13.1 Å². The first-order chi connectivity index (χ1) is 5.33. The zero-order valence-electron chi connectivity index (χ0n) is 6.54. The average Bonchev–Trinajstić information content (AvgIpc) is 2.06. The summed E-state index contributed by atoms with van der Waals surface area (Å²) in [5.74, 6) is 5.21. The molecule has 60 valence electrons. The topological polar surface area (TPSA) is 50.1 Å². The number of nitrogens with two attached hydrogens (primary N) is 1. The minimum atomic E-state index is 0.0948. The lowest BCUT2D eigenvalue weighted by molar-refractivity contribution is 0.630. The van der Waals surface area contributed by atoms with Gasteiger partial charge >= 0.3 is 0 Å². The van der Waals surface area contributed by atoms with Gasteiger partial charge in [0.05, 0.1) is 6.17 Å². The third-order valence-electron chi connectivity index (χ3n) is 1.41. The Morgan fingerprint density at radius 1 is 1.27 bits per heavy atom. The van der Waals surface area contributed by atoms with Crippen LogP contribution in [-0.4, -0.2) is 6.17 Å². The molecule has 1 unspecified atom stereocenters. The Morgan fingerprint density at radius 2 is 1.91 bits per heavy atom. The molecule has 0 aliphatic heterocycles. The van der Waals surface area contributed by atoms with Gasteiger partial charge in [-0.3, -0.25) is 5.84 Å². The lowest BCUT2D eigenvalue weighted by Gasteiger charge is -2.12. The molecule has 0 amide bonds. The fraction of sp³-hybridized carbons (Fsp3) is 0.250. The SMILES string of the molecule is CC(NN)Nc1ccccc1. The fourth-order valence-electron chi connectivity index (χ4n) is 0.826. The molecule has 0 saturated carbocycles. The van der Waals surface area contributed by atoms with Crippen LogP contribution in [0.2, 0.25) is 0 Å². The number of benzene rings is 1. The first kappa shape index (κ1) is 8.04. The molecule has 1 aromatic carbocycles. The third-order valence-corrected chi connectivity index (χ3v) is 1.41. The Kier molecular flexibility index (Phi) is 2.89. The van der Waals surface area contributed by atoms with Crippen LogP contribution < -0.4 is 16.6 Å². The van der Waals surface area contributed by atoms with E-state index in [0.29, 0.717) is 0 Å². The quantitative estimate of drug-likeness (QED) is 0.342. The predicted octanol–water partition coefficient (Wildman–Crippen LogP) is 0.908. The van der Waals surface area contributed by atoms with E-state index >= 15 is 0 Å². The molecule has 0 bridgehead atoms. The van der Waals surface area contributed by atoms with Crippen molar-refractivity contribution in [2.75, 3.05) is 5.32 Å². The summed E-state index contributed by atoms with van der Waals surface area (Å²) in [5.41, 5.74) is 3.67. The predicted molar refractivity (Wildman–Crippen MR) is 46.8 cm³/mol. The molecule has 1 atom stereocenters. The van der Waals surface area contributed by atoms with E-state index in [4.69, 9.17) is 5.84 Å². The summed E-state index contributed by atoms with van der Waals surface area (Å²) in [7, 11) is 0. The van der Waals surface area contributed by atoms with Crippen molar-refractivity contribution in [1.29, 1.82) is 0 Å². The minimum Gasteiger partial charge on any atom is -0.369 e. The van der Waals surface area contributed by atoms with Gasteiger partial charge in [0.15, 0.2) is 0 Å². The van der Waals surface area contributed by atoms with E-state index in [9.17, 15) is 0 Å². The van der Waals surface area contributed by atoms with E-state index < -0.39 is 0 Å². The fourth-order valence-corrected chi connectivity index (χ4v) is 0.826. The highest BCUT2D eigenvalue weighted by Gasteiger charge is 1.94. The molecule has 0 saturated heterocycles. The molecule has 0 heterocycles. The summed E-state index contributed by atoms with van der Waals surface area (Å²) in [5, 5.41) is 3.16. The molecule has 3 nitrogen and oxygen atoms in total. The van der Waals surface area contributed by atoms with Crippen LogP contribution in [0.3, 0.4) is 0 Å². The van der Waals surface area contributed by atoms with Crippen molar-refractivity contribution in [3.05, 3.63) is 30.3 Å². The second kappa shape index (κ2) is 3.95. The lowest BCUT2D eigenvalue weighted by Crippen LogP contribution is -2.38. The van der Waals surface area contributed by atoms with E-state index in [0.717, 1.165) is 5.69 Å². The molecule has 11 heavy (non-hydrogen) atoms. The van der Waals surface area contributed by atoms with Crippen molar-refractivity contribution in [2.24, 2.45) is 5.84 Å². The summed E-state index contributed by atoms with van der Waals surface area (Å²) >= 11 is 0. The lowest BCUT2D eigenvalue weighted by atomic mass is 10.3. The second-order valence-electron chi connectivity index (χ2n) is 2.40.